The summed E-state index contributed by atoms with van der Waals surface area (Å²) in [6.07, 6.45) is 0. The van der Waals surface area contributed by atoms with Crippen LogP contribution in [0.5, 0.6) is 0 Å². The van der Waals surface area contributed by atoms with Crippen molar-refractivity contribution in [3.8, 4) is 0 Å². The lowest BCUT2D eigenvalue weighted by Gasteiger charge is -2.24. The van der Waals surface area contributed by atoms with Crippen LogP contribution < -0.4 is 5.32 Å². The molecular formula is C14H22N2S. The van der Waals surface area contributed by atoms with Gasteiger partial charge in [0.2, 0.25) is 0 Å². The lowest BCUT2D eigenvalue weighted by atomic mass is 9.95. The summed E-state index contributed by atoms with van der Waals surface area (Å²) in [5.74, 6) is 1.78. The van der Waals surface area contributed by atoms with Gasteiger partial charge in [-0.15, -0.1) is 11.3 Å². The molecule has 94 valence electrons. The summed E-state index contributed by atoms with van der Waals surface area (Å²) >= 11 is 1.94. The van der Waals surface area contributed by atoms with Crippen molar-refractivity contribution in [3.63, 3.8) is 0 Å². The quantitative estimate of drug-likeness (QED) is 0.867. The van der Waals surface area contributed by atoms with Gasteiger partial charge in [0.15, 0.2) is 0 Å². The van der Waals surface area contributed by atoms with Gasteiger partial charge in [0.1, 0.15) is 0 Å². The number of nitrogens with one attached hydrogen (secondary N) is 1. The number of hydrogen-bond acceptors (Lipinski definition) is 3. The minimum atomic E-state index is 0.745. The number of rotatable bonds is 2. The predicted molar refractivity (Wildman–Crippen MR) is 73.5 cm³/mol. The van der Waals surface area contributed by atoms with Crippen LogP contribution in [0.2, 0.25) is 0 Å². The third-order valence-electron chi connectivity index (χ3n) is 4.57. The van der Waals surface area contributed by atoms with E-state index in [4.69, 9.17) is 0 Å². The van der Waals surface area contributed by atoms with Crippen LogP contribution in [0.15, 0.2) is 6.07 Å². The van der Waals surface area contributed by atoms with E-state index in [9.17, 15) is 0 Å². The summed E-state index contributed by atoms with van der Waals surface area (Å²) in [5.41, 5.74) is 1.55. The first kappa shape index (κ1) is 11.7. The van der Waals surface area contributed by atoms with Gasteiger partial charge in [-0.1, -0.05) is 0 Å². The van der Waals surface area contributed by atoms with E-state index >= 15 is 0 Å². The molecule has 1 N–H and O–H groups in total. The Labute approximate surface area is 108 Å². The molecule has 3 rings (SSSR count). The molecule has 0 aliphatic carbocycles. The molecule has 3 heterocycles. The molecule has 1 aromatic rings. The smallest absolute Gasteiger partial charge is 0.0247 e. The van der Waals surface area contributed by atoms with Gasteiger partial charge in [-0.05, 0) is 57.3 Å². The van der Waals surface area contributed by atoms with Crippen LogP contribution in [0.25, 0.3) is 0 Å². The van der Waals surface area contributed by atoms with Crippen molar-refractivity contribution in [2.75, 3.05) is 19.6 Å². The Kier molecular flexibility index (Phi) is 3.01. The van der Waals surface area contributed by atoms with Crippen LogP contribution in [0.3, 0.4) is 0 Å². The number of likely N-dealkylation sites (tertiary alicyclic amines) is 1. The molecule has 2 nitrogen and oxygen atoms in total. The minimum Gasteiger partial charge on any atom is -0.316 e. The first-order chi connectivity index (χ1) is 8.15. The third-order valence-corrected chi connectivity index (χ3v) is 5.58. The summed E-state index contributed by atoms with van der Waals surface area (Å²) in [4.78, 5) is 5.64. The first-order valence-corrected chi connectivity index (χ1v) is 7.47. The minimum absolute atomic E-state index is 0.745. The van der Waals surface area contributed by atoms with Gasteiger partial charge < -0.3 is 5.32 Å². The van der Waals surface area contributed by atoms with E-state index in [-0.39, 0.29) is 0 Å². The molecule has 2 fully saturated rings. The van der Waals surface area contributed by atoms with Crippen molar-refractivity contribution in [1.29, 1.82) is 0 Å². The van der Waals surface area contributed by atoms with Crippen LogP contribution in [0, 0.1) is 25.7 Å². The summed E-state index contributed by atoms with van der Waals surface area (Å²) in [6.45, 7) is 11.8. The fraction of sp³-hybridized carbons (Fsp3) is 0.714. The summed E-state index contributed by atoms with van der Waals surface area (Å²) in [7, 11) is 0. The molecule has 3 unspecified atom stereocenters. The number of aryl methyl sites for hydroxylation is 2. The molecule has 17 heavy (non-hydrogen) atoms. The van der Waals surface area contributed by atoms with E-state index in [1.165, 1.54) is 29.4 Å². The van der Waals surface area contributed by atoms with Gasteiger partial charge >= 0.3 is 0 Å². The molecule has 0 saturated carbocycles. The molecule has 2 saturated heterocycles. The Hall–Kier alpha value is -0.380. The zero-order valence-corrected chi connectivity index (χ0v) is 11.8. The van der Waals surface area contributed by atoms with Crippen LogP contribution in [0.4, 0.5) is 0 Å². The Balaban J connectivity index is 1.72. The average molecular weight is 250 g/mol. The summed E-state index contributed by atoms with van der Waals surface area (Å²) < 4.78 is 0. The van der Waals surface area contributed by atoms with Crippen LogP contribution in [-0.4, -0.2) is 30.6 Å². The average Bonchev–Trinajstić information content (AvgIpc) is 2.90. The lowest BCUT2D eigenvalue weighted by Crippen LogP contribution is -2.32. The molecule has 3 atom stereocenters. The molecular weight excluding hydrogens is 228 g/mol. The van der Waals surface area contributed by atoms with Crippen LogP contribution >= 0.6 is 11.3 Å². The molecule has 2 aliphatic heterocycles. The standard InChI is InChI=1S/C14H22N2S/c1-9-4-12(11(3)17-9)7-16-8-13-5-15-6-14(13)10(16)2/h4,10,13-15H,5-8H2,1-3H3. The number of hydrogen-bond donors (Lipinski definition) is 1. The highest BCUT2D eigenvalue weighted by molar-refractivity contribution is 7.12. The van der Waals surface area contributed by atoms with Crippen LogP contribution in [-0.2, 0) is 6.54 Å². The van der Waals surface area contributed by atoms with E-state index in [0.29, 0.717) is 0 Å². The van der Waals surface area contributed by atoms with E-state index < -0.39 is 0 Å². The SMILES string of the molecule is Cc1cc(CN2CC3CNCC3C2C)c(C)s1. The number of thiophene rings is 1. The fourth-order valence-electron chi connectivity index (χ4n) is 3.52. The summed E-state index contributed by atoms with van der Waals surface area (Å²) in [6, 6.07) is 3.12. The van der Waals surface area contributed by atoms with E-state index in [1.54, 1.807) is 5.56 Å². The highest BCUT2D eigenvalue weighted by Gasteiger charge is 2.41. The topological polar surface area (TPSA) is 15.3 Å². The van der Waals surface area contributed by atoms with E-state index in [0.717, 1.165) is 24.4 Å². The largest absolute Gasteiger partial charge is 0.316 e. The van der Waals surface area contributed by atoms with Gasteiger partial charge in [0.25, 0.3) is 0 Å². The second kappa shape index (κ2) is 4.38. The van der Waals surface area contributed by atoms with Crippen molar-refractivity contribution in [3.05, 3.63) is 21.4 Å². The lowest BCUT2D eigenvalue weighted by molar-refractivity contribution is 0.231. The second-order valence-corrected chi connectivity index (χ2v) is 7.15. The Morgan fingerprint density at radius 3 is 2.88 bits per heavy atom. The molecule has 1 aromatic heterocycles. The molecule has 0 aromatic carbocycles. The molecule has 2 aliphatic rings. The normalized spacial score (nSPS) is 33.2. The highest BCUT2D eigenvalue weighted by Crippen LogP contribution is 2.34. The third kappa shape index (κ3) is 2.05. The monoisotopic (exact) mass is 250 g/mol. The van der Waals surface area contributed by atoms with Crippen molar-refractivity contribution in [1.82, 2.24) is 10.2 Å². The molecule has 3 heteroatoms. The maximum Gasteiger partial charge on any atom is 0.0247 e. The second-order valence-electron chi connectivity index (χ2n) is 5.69. The highest BCUT2D eigenvalue weighted by atomic mass is 32.1. The number of nitrogens with zero attached hydrogens (tertiary/aromatic N) is 1. The van der Waals surface area contributed by atoms with Crippen LogP contribution in [0.1, 0.15) is 22.2 Å². The molecule has 0 amide bonds. The van der Waals surface area contributed by atoms with Gasteiger partial charge in [-0.3, -0.25) is 4.90 Å². The van der Waals surface area contributed by atoms with Crippen molar-refractivity contribution in [2.45, 2.75) is 33.4 Å². The summed E-state index contributed by atoms with van der Waals surface area (Å²) in [5, 5.41) is 3.53. The molecule has 0 radical (unpaired) electrons. The predicted octanol–water partition coefficient (Wildman–Crippen LogP) is 2.40. The van der Waals surface area contributed by atoms with Gasteiger partial charge in [0.05, 0.1) is 0 Å². The Bertz CT molecular complexity index is 412. The Morgan fingerprint density at radius 1 is 1.41 bits per heavy atom. The molecule has 0 bridgehead atoms. The zero-order chi connectivity index (χ0) is 12.0. The van der Waals surface area contributed by atoms with Crippen molar-refractivity contribution < 1.29 is 0 Å². The maximum atomic E-state index is 3.53. The Morgan fingerprint density at radius 2 is 2.24 bits per heavy atom. The van der Waals surface area contributed by atoms with E-state index in [1.807, 2.05) is 11.3 Å². The van der Waals surface area contributed by atoms with Crippen molar-refractivity contribution >= 4 is 11.3 Å². The van der Waals surface area contributed by atoms with Gasteiger partial charge in [-0.25, -0.2) is 0 Å². The van der Waals surface area contributed by atoms with E-state index in [2.05, 4.69) is 37.1 Å². The first-order valence-electron chi connectivity index (χ1n) is 6.66. The zero-order valence-electron chi connectivity index (χ0n) is 11.0. The number of fused-ring (bicyclic) bond motifs is 1. The van der Waals surface area contributed by atoms with Crippen molar-refractivity contribution in [2.24, 2.45) is 11.8 Å². The van der Waals surface area contributed by atoms with Gasteiger partial charge in [0, 0.05) is 28.9 Å². The maximum absolute atomic E-state index is 3.53. The van der Waals surface area contributed by atoms with Gasteiger partial charge in [-0.2, -0.15) is 0 Å². The molecule has 0 spiro atoms. The fourth-order valence-corrected chi connectivity index (χ4v) is 4.46.